The maximum Gasteiger partial charge on any atom is 0.104 e. The smallest absolute Gasteiger partial charge is 0.104 e. The highest BCUT2D eigenvalue weighted by molar-refractivity contribution is 6.14. The summed E-state index contributed by atoms with van der Waals surface area (Å²) in [6, 6.07) is 47.1. The first-order valence-corrected chi connectivity index (χ1v) is 18.8. The van der Waals surface area contributed by atoms with Crippen molar-refractivity contribution in [1.82, 2.24) is 24.1 Å². The maximum atomic E-state index is 11.9. The van der Waals surface area contributed by atoms with Gasteiger partial charge in [0.25, 0.3) is 0 Å². The minimum Gasteiger partial charge on any atom is -0.307 e. The number of aryl methyl sites for hydroxylation is 4. The second-order valence-electron chi connectivity index (χ2n) is 14.7. The fourth-order valence-corrected chi connectivity index (χ4v) is 8.55. The predicted octanol–water partition coefficient (Wildman–Crippen LogP) is 12.2. The van der Waals surface area contributed by atoms with Crippen molar-refractivity contribution in [1.29, 1.82) is 5.26 Å². The number of hydrogen-bond acceptors (Lipinski definition) is 4. The molecule has 6 heteroatoms. The van der Waals surface area contributed by atoms with E-state index >= 15 is 0 Å². The maximum absolute atomic E-state index is 11.9. The largest absolute Gasteiger partial charge is 0.307 e. The van der Waals surface area contributed by atoms with Crippen LogP contribution in [0.4, 0.5) is 0 Å². The summed E-state index contributed by atoms with van der Waals surface area (Å²) in [5.41, 5.74) is 15.3. The Balaban J connectivity index is 1.55. The van der Waals surface area contributed by atoms with E-state index in [0.717, 1.165) is 88.8 Å². The molecule has 10 rings (SSSR count). The molecule has 0 amide bonds. The number of aromatic nitrogens is 5. The van der Waals surface area contributed by atoms with Crippen LogP contribution in [0.1, 0.15) is 27.8 Å². The van der Waals surface area contributed by atoms with Crippen LogP contribution in [0, 0.1) is 39.0 Å². The van der Waals surface area contributed by atoms with Crippen molar-refractivity contribution in [2.45, 2.75) is 27.7 Å². The molecule has 5 aromatic carbocycles. The van der Waals surface area contributed by atoms with Crippen LogP contribution >= 0.6 is 0 Å². The van der Waals surface area contributed by atoms with Gasteiger partial charge in [0, 0.05) is 56.8 Å². The normalized spacial score (nSPS) is 11.6. The number of hydrogen-bond donors (Lipinski definition) is 0. The third-order valence-electron chi connectivity index (χ3n) is 10.9. The monoisotopic (exact) mass is 720 g/mol. The fourth-order valence-electron chi connectivity index (χ4n) is 8.55. The van der Waals surface area contributed by atoms with Crippen LogP contribution in [0.2, 0.25) is 0 Å². The van der Waals surface area contributed by atoms with Gasteiger partial charge in [-0.15, -0.1) is 0 Å². The van der Waals surface area contributed by atoms with Gasteiger partial charge in [-0.3, -0.25) is 15.0 Å². The SMILES string of the molecule is Cc1ccc2c(c1)c1cc(C)ccc1n2-c1c(C#N)c(-n2c3ccc(C)cc3c3cc(C)ccc32)c(-c2ccccn2)c(-c2ccccn2)c1-c1ccccn1. The number of nitrogens with zero attached hydrogens (tertiary/aromatic N) is 6. The van der Waals surface area contributed by atoms with Gasteiger partial charge in [-0.05, 0) is 113 Å². The van der Waals surface area contributed by atoms with Crippen LogP contribution < -0.4 is 0 Å². The van der Waals surface area contributed by atoms with E-state index in [0.29, 0.717) is 5.56 Å². The van der Waals surface area contributed by atoms with Crippen molar-refractivity contribution in [2.24, 2.45) is 0 Å². The molecule has 0 aliphatic carbocycles. The zero-order chi connectivity index (χ0) is 38.1. The highest BCUT2D eigenvalue weighted by Crippen LogP contribution is 2.51. The van der Waals surface area contributed by atoms with E-state index in [1.807, 2.05) is 73.2 Å². The Labute approximate surface area is 324 Å². The molecule has 5 aromatic heterocycles. The van der Waals surface area contributed by atoms with Gasteiger partial charge in [-0.1, -0.05) is 64.7 Å². The summed E-state index contributed by atoms with van der Waals surface area (Å²) >= 11 is 0. The van der Waals surface area contributed by atoms with Crippen LogP contribution in [0.5, 0.6) is 0 Å². The number of fused-ring (bicyclic) bond motifs is 6. The van der Waals surface area contributed by atoms with Gasteiger partial charge in [-0.25, -0.2) is 0 Å². The van der Waals surface area contributed by atoms with Crippen molar-refractivity contribution < 1.29 is 0 Å². The lowest BCUT2D eigenvalue weighted by molar-refractivity contribution is 1.11. The van der Waals surface area contributed by atoms with E-state index < -0.39 is 0 Å². The number of nitriles is 1. The quantitative estimate of drug-likeness (QED) is 0.177. The number of pyridine rings is 3. The molecule has 56 heavy (non-hydrogen) atoms. The van der Waals surface area contributed by atoms with Crippen molar-refractivity contribution in [3.8, 4) is 51.2 Å². The Bertz CT molecular complexity index is 2910. The Hall–Kier alpha value is -7.36. The summed E-state index contributed by atoms with van der Waals surface area (Å²) < 4.78 is 4.57. The average Bonchev–Trinajstić information content (AvgIpc) is 3.71. The second kappa shape index (κ2) is 12.9. The van der Waals surface area contributed by atoms with E-state index in [2.05, 4.69) is 116 Å². The van der Waals surface area contributed by atoms with Crippen LogP contribution in [0.3, 0.4) is 0 Å². The minimum absolute atomic E-state index is 0.505. The standard InChI is InChI=1S/C50H36N6/c1-30-14-18-42-34(25-30)35-26-31(2)15-19-43(35)55(42)49-38(29-51)50(56-44-20-16-32(3)27-36(44)37-28-33(4)17-21-45(37)56)48(41-13-7-10-24-54-41)46(39-11-5-8-22-52-39)47(49)40-12-6-9-23-53-40/h5-28H,1-4H3. The minimum atomic E-state index is 0.505. The average molecular weight is 721 g/mol. The first-order chi connectivity index (χ1) is 27.4. The van der Waals surface area contributed by atoms with Gasteiger partial charge in [-0.2, -0.15) is 5.26 Å². The van der Waals surface area contributed by atoms with Gasteiger partial charge in [0.2, 0.25) is 0 Å². The molecular formula is C50H36N6. The summed E-state index contributed by atoms with van der Waals surface area (Å²) in [4.78, 5) is 15.1. The molecule has 0 aliphatic heterocycles. The fraction of sp³-hybridized carbons (Fsp3) is 0.0800. The van der Waals surface area contributed by atoms with Crippen molar-refractivity contribution >= 4 is 43.6 Å². The molecule has 0 bridgehead atoms. The van der Waals surface area contributed by atoms with Crippen molar-refractivity contribution in [2.75, 3.05) is 0 Å². The molecule has 6 nitrogen and oxygen atoms in total. The number of benzene rings is 5. The molecule has 0 aliphatic rings. The van der Waals surface area contributed by atoms with Crippen LogP contribution in [-0.2, 0) is 0 Å². The molecule has 0 saturated heterocycles. The molecule has 0 atom stereocenters. The first kappa shape index (κ1) is 33.2. The summed E-state index contributed by atoms with van der Waals surface area (Å²) in [6.07, 6.45) is 5.46. The molecule has 0 radical (unpaired) electrons. The van der Waals surface area contributed by atoms with Crippen molar-refractivity contribution in [3.63, 3.8) is 0 Å². The first-order valence-electron chi connectivity index (χ1n) is 18.8. The molecule has 10 aromatic rings. The van der Waals surface area contributed by atoms with Gasteiger partial charge in [0.15, 0.2) is 0 Å². The Kier molecular flexibility index (Phi) is 7.65. The lowest BCUT2D eigenvalue weighted by Gasteiger charge is -2.26. The van der Waals surface area contributed by atoms with Crippen molar-refractivity contribution in [3.05, 3.63) is 174 Å². The molecule has 0 saturated carbocycles. The zero-order valence-corrected chi connectivity index (χ0v) is 31.5. The summed E-state index contributed by atoms with van der Waals surface area (Å²) in [7, 11) is 0. The lowest BCUT2D eigenvalue weighted by atomic mass is 9.86. The van der Waals surface area contributed by atoms with Gasteiger partial charge < -0.3 is 9.13 Å². The summed E-state index contributed by atoms with van der Waals surface area (Å²) in [5, 5.41) is 16.4. The molecule has 5 heterocycles. The Morgan fingerprint density at radius 2 is 0.732 bits per heavy atom. The molecule has 0 spiro atoms. The number of rotatable bonds is 5. The van der Waals surface area contributed by atoms with E-state index in [9.17, 15) is 5.26 Å². The highest BCUT2D eigenvalue weighted by atomic mass is 15.0. The van der Waals surface area contributed by atoms with E-state index in [-0.39, 0.29) is 0 Å². The molecule has 266 valence electrons. The molecular weight excluding hydrogens is 685 g/mol. The Morgan fingerprint density at radius 1 is 0.411 bits per heavy atom. The van der Waals surface area contributed by atoms with Gasteiger partial charge in [0.05, 0.1) is 50.5 Å². The van der Waals surface area contributed by atoms with Crippen LogP contribution in [0.25, 0.3) is 88.8 Å². The zero-order valence-electron chi connectivity index (χ0n) is 31.5. The van der Waals surface area contributed by atoms with E-state index in [1.54, 1.807) is 0 Å². The van der Waals surface area contributed by atoms with Gasteiger partial charge in [0.1, 0.15) is 11.6 Å². The van der Waals surface area contributed by atoms with Crippen LogP contribution in [-0.4, -0.2) is 24.1 Å². The summed E-state index contributed by atoms with van der Waals surface area (Å²) in [6.45, 7) is 8.51. The van der Waals surface area contributed by atoms with E-state index in [4.69, 9.17) is 15.0 Å². The van der Waals surface area contributed by atoms with Gasteiger partial charge >= 0.3 is 0 Å². The third kappa shape index (κ3) is 5.05. The topological polar surface area (TPSA) is 72.3 Å². The Morgan fingerprint density at radius 3 is 1.02 bits per heavy atom. The molecule has 0 fully saturated rings. The summed E-state index contributed by atoms with van der Waals surface area (Å²) in [5.74, 6) is 0. The predicted molar refractivity (Wildman–Crippen MR) is 228 cm³/mol. The lowest BCUT2D eigenvalue weighted by Crippen LogP contribution is -2.12. The van der Waals surface area contributed by atoms with E-state index in [1.165, 1.54) is 22.3 Å². The second-order valence-corrected chi connectivity index (χ2v) is 14.7. The highest BCUT2D eigenvalue weighted by Gasteiger charge is 2.33. The van der Waals surface area contributed by atoms with Crippen LogP contribution in [0.15, 0.2) is 146 Å². The molecule has 0 N–H and O–H groups in total. The molecule has 0 unspecified atom stereocenters. The third-order valence-corrected chi connectivity index (χ3v) is 10.9.